The Balaban J connectivity index is 1.76. The third-order valence-corrected chi connectivity index (χ3v) is 4.02. The lowest BCUT2D eigenvalue weighted by Crippen LogP contribution is -2.47. The van der Waals surface area contributed by atoms with Crippen molar-refractivity contribution in [3.05, 3.63) is 0 Å². The van der Waals surface area contributed by atoms with Crippen LogP contribution in [0.15, 0.2) is 0 Å². The standard InChI is InChI=1S/C12H23NO2/c1-13(8-9-6-10(14)7-9)11-4-2-3-5-12(11)15/h9-12,14-15H,2-8H2,1H3/t9?,10?,11-,12-/m1/s1. The van der Waals surface area contributed by atoms with E-state index < -0.39 is 0 Å². The minimum Gasteiger partial charge on any atom is -0.393 e. The molecule has 3 heteroatoms. The van der Waals surface area contributed by atoms with E-state index in [1.54, 1.807) is 0 Å². The third-order valence-electron chi connectivity index (χ3n) is 4.02. The molecule has 3 nitrogen and oxygen atoms in total. The number of aliphatic hydroxyl groups excluding tert-OH is 2. The van der Waals surface area contributed by atoms with E-state index in [4.69, 9.17) is 0 Å². The predicted octanol–water partition coefficient (Wildman–Crippen LogP) is 0.993. The molecule has 2 aliphatic carbocycles. The zero-order chi connectivity index (χ0) is 10.8. The summed E-state index contributed by atoms with van der Waals surface area (Å²) in [6.07, 6.45) is 6.23. The second-order valence-corrected chi connectivity index (χ2v) is 5.35. The molecule has 2 aliphatic rings. The maximum absolute atomic E-state index is 9.90. The molecule has 0 aromatic carbocycles. The first-order valence-corrected chi connectivity index (χ1v) is 6.23. The zero-order valence-corrected chi connectivity index (χ0v) is 9.60. The van der Waals surface area contributed by atoms with Crippen molar-refractivity contribution in [2.45, 2.75) is 56.8 Å². The van der Waals surface area contributed by atoms with Crippen molar-refractivity contribution < 1.29 is 10.2 Å². The summed E-state index contributed by atoms with van der Waals surface area (Å²) >= 11 is 0. The summed E-state index contributed by atoms with van der Waals surface area (Å²) in [5.74, 6) is 0.652. The van der Waals surface area contributed by atoms with Gasteiger partial charge in [0, 0.05) is 12.6 Å². The predicted molar refractivity (Wildman–Crippen MR) is 59.6 cm³/mol. The molecule has 88 valence electrons. The Morgan fingerprint density at radius 1 is 1.13 bits per heavy atom. The van der Waals surface area contributed by atoms with E-state index in [0.29, 0.717) is 12.0 Å². The molecule has 0 aromatic rings. The van der Waals surface area contributed by atoms with Gasteiger partial charge in [0.1, 0.15) is 0 Å². The van der Waals surface area contributed by atoms with Crippen LogP contribution in [0.4, 0.5) is 0 Å². The van der Waals surface area contributed by atoms with Crippen molar-refractivity contribution in [1.29, 1.82) is 0 Å². The van der Waals surface area contributed by atoms with Crippen molar-refractivity contribution in [3.63, 3.8) is 0 Å². The Morgan fingerprint density at radius 3 is 2.40 bits per heavy atom. The molecule has 0 amide bonds. The molecule has 2 N–H and O–H groups in total. The molecule has 0 saturated heterocycles. The van der Waals surface area contributed by atoms with E-state index in [9.17, 15) is 10.2 Å². The van der Waals surface area contributed by atoms with Crippen LogP contribution in [0.2, 0.25) is 0 Å². The molecule has 2 fully saturated rings. The molecule has 0 unspecified atom stereocenters. The lowest BCUT2D eigenvalue weighted by Gasteiger charge is -2.40. The second-order valence-electron chi connectivity index (χ2n) is 5.35. The second kappa shape index (κ2) is 4.81. The largest absolute Gasteiger partial charge is 0.393 e. The Morgan fingerprint density at radius 2 is 1.80 bits per heavy atom. The van der Waals surface area contributed by atoms with E-state index in [1.807, 2.05) is 0 Å². The van der Waals surface area contributed by atoms with Crippen LogP contribution >= 0.6 is 0 Å². The van der Waals surface area contributed by atoms with Crippen LogP contribution in [0.3, 0.4) is 0 Å². The third kappa shape index (κ3) is 2.71. The molecular weight excluding hydrogens is 190 g/mol. The minimum absolute atomic E-state index is 0.0559. The maximum atomic E-state index is 9.90. The van der Waals surface area contributed by atoms with Crippen molar-refractivity contribution in [3.8, 4) is 0 Å². The molecule has 0 aromatic heterocycles. The van der Waals surface area contributed by atoms with Gasteiger partial charge in [0.25, 0.3) is 0 Å². The molecule has 0 radical (unpaired) electrons. The van der Waals surface area contributed by atoms with Gasteiger partial charge in [0.05, 0.1) is 12.2 Å². The van der Waals surface area contributed by atoms with Gasteiger partial charge in [-0.3, -0.25) is 0 Å². The summed E-state index contributed by atoms with van der Waals surface area (Å²) < 4.78 is 0. The van der Waals surface area contributed by atoms with E-state index in [1.165, 1.54) is 12.8 Å². The molecule has 0 spiro atoms. The van der Waals surface area contributed by atoms with E-state index >= 15 is 0 Å². The molecule has 0 bridgehead atoms. The van der Waals surface area contributed by atoms with Gasteiger partial charge in [-0.2, -0.15) is 0 Å². The number of hydrogen-bond donors (Lipinski definition) is 2. The highest BCUT2D eigenvalue weighted by Gasteiger charge is 2.32. The molecule has 0 heterocycles. The van der Waals surface area contributed by atoms with Crippen LogP contribution in [0.25, 0.3) is 0 Å². The van der Waals surface area contributed by atoms with E-state index in [-0.39, 0.29) is 12.2 Å². The van der Waals surface area contributed by atoms with Crippen LogP contribution in [0.1, 0.15) is 38.5 Å². The van der Waals surface area contributed by atoms with Crippen LogP contribution in [-0.4, -0.2) is 47.0 Å². The van der Waals surface area contributed by atoms with Gasteiger partial charge in [-0.15, -0.1) is 0 Å². The van der Waals surface area contributed by atoms with Crippen molar-refractivity contribution in [2.75, 3.05) is 13.6 Å². The quantitative estimate of drug-likeness (QED) is 0.735. The molecule has 15 heavy (non-hydrogen) atoms. The number of rotatable bonds is 3. The summed E-state index contributed by atoms with van der Waals surface area (Å²) in [4.78, 5) is 2.31. The summed E-state index contributed by atoms with van der Waals surface area (Å²) in [7, 11) is 2.11. The van der Waals surface area contributed by atoms with Gasteiger partial charge >= 0.3 is 0 Å². The Kier molecular flexibility index (Phi) is 3.65. The zero-order valence-electron chi connectivity index (χ0n) is 9.60. The first-order valence-electron chi connectivity index (χ1n) is 6.23. The molecular formula is C12H23NO2. The fourth-order valence-corrected chi connectivity index (χ4v) is 3.00. The van der Waals surface area contributed by atoms with Crippen LogP contribution in [-0.2, 0) is 0 Å². The average Bonchev–Trinajstić information content (AvgIpc) is 2.16. The van der Waals surface area contributed by atoms with Crippen molar-refractivity contribution >= 4 is 0 Å². The number of hydrogen-bond acceptors (Lipinski definition) is 3. The normalized spacial score (nSPS) is 41.6. The van der Waals surface area contributed by atoms with Crippen LogP contribution in [0, 0.1) is 5.92 Å². The topological polar surface area (TPSA) is 43.7 Å². The van der Waals surface area contributed by atoms with Gasteiger partial charge in [-0.05, 0) is 38.6 Å². The molecule has 0 aliphatic heterocycles. The minimum atomic E-state index is -0.131. The molecule has 2 atom stereocenters. The van der Waals surface area contributed by atoms with E-state index in [0.717, 1.165) is 32.2 Å². The van der Waals surface area contributed by atoms with Gasteiger partial charge in [0.2, 0.25) is 0 Å². The molecule has 2 rings (SSSR count). The van der Waals surface area contributed by atoms with Crippen LogP contribution < -0.4 is 0 Å². The fraction of sp³-hybridized carbons (Fsp3) is 1.00. The summed E-state index contributed by atoms with van der Waals surface area (Å²) in [5, 5.41) is 19.1. The highest BCUT2D eigenvalue weighted by molar-refractivity contribution is 4.86. The van der Waals surface area contributed by atoms with Crippen molar-refractivity contribution in [1.82, 2.24) is 4.90 Å². The van der Waals surface area contributed by atoms with Gasteiger partial charge in [-0.25, -0.2) is 0 Å². The van der Waals surface area contributed by atoms with Crippen LogP contribution in [0.5, 0.6) is 0 Å². The first-order chi connectivity index (χ1) is 7.16. The number of nitrogens with zero attached hydrogens (tertiary/aromatic N) is 1. The smallest absolute Gasteiger partial charge is 0.0695 e. The summed E-state index contributed by atoms with van der Waals surface area (Å²) in [5.41, 5.74) is 0. The highest BCUT2D eigenvalue weighted by Crippen LogP contribution is 2.30. The lowest BCUT2D eigenvalue weighted by molar-refractivity contribution is -0.00941. The fourth-order valence-electron chi connectivity index (χ4n) is 3.00. The highest BCUT2D eigenvalue weighted by atomic mass is 16.3. The SMILES string of the molecule is CN(CC1CC(O)C1)[C@@H]1CCCC[C@H]1O. The van der Waals surface area contributed by atoms with Gasteiger partial charge in [0.15, 0.2) is 0 Å². The molecule has 2 saturated carbocycles. The summed E-state index contributed by atoms with van der Waals surface area (Å²) in [6, 6.07) is 0.358. The van der Waals surface area contributed by atoms with E-state index in [2.05, 4.69) is 11.9 Å². The maximum Gasteiger partial charge on any atom is 0.0695 e. The Labute approximate surface area is 92.1 Å². The summed E-state index contributed by atoms with van der Waals surface area (Å²) in [6.45, 7) is 1.04. The number of aliphatic hydroxyl groups is 2. The average molecular weight is 213 g/mol. The van der Waals surface area contributed by atoms with Gasteiger partial charge in [-0.1, -0.05) is 12.8 Å². The number of likely N-dealkylation sites (N-methyl/N-ethyl adjacent to an activating group) is 1. The first kappa shape index (κ1) is 11.4. The van der Waals surface area contributed by atoms with Crippen molar-refractivity contribution in [2.24, 2.45) is 5.92 Å². The lowest BCUT2D eigenvalue weighted by atomic mass is 9.81. The Bertz CT molecular complexity index is 204. The Hall–Kier alpha value is -0.120. The monoisotopic (exact) mass is 213 g/mol. The van der Waals surface area contributed by atoms with Gasteiger partial charge < -0.3 is 15.1 Å².